The van der Waals surface area contributed by atoms with E-state index in [1.807, 2.05) is 0 Å². The lowest BCUT2D eigenvalue weighted by molar-refractivity contribution is 0.0697. The number of aromatic carboxylic acids is 1. The molecular formula is C12H10N2O2. The summed E-state index contributed by atoms with van der Waals surface area (Å²) in [5.41, 5.74) is 7.49. The Morgan fingerprint density at radius 2 is 1.94 bits per heavy atom. The minimum atomic E-state index is -1.01. The average Bonchev–Trinajstić information content (AvgIpc) is 2.29. The molecule has 80 valence electrons. The number of para-hydroxylation sites is 1. The Kier molecular flexibility index (Phi) is 2.55. The maximum absolute atomic E-state index is 11.0. The molecule has 0 amide bonds. The second-order valence-electron chi connectivity index (χ2n) is 3.29. The number of anilines is 1. The minimum absolute atomic E-state index is 0.153. The number of carboxylic acid groups (broad SMARTS) is 1. The molecule has 0 saturated carbocycles. The summed E-state index contributed by atoms with van der Waals surface area (Å²) in [6.45, 7) is 0. The molecule has 0 aliphatic heterocycles. The molecule has 2 aromatic rings. The highest BCUT2D eigenvalue weighted by atomic mass is 16.4. The van der Waals surface area contributed by atoms with Crippen LogP contribution in [-0.4, -0.2) is 16.1 Å². The van der Waals surface area contributed by atoms with E-state index < -0.39 is 5.97 Å². The third-order valence-corrected chi connectivity index (χ3v) is 2.25. The summed E-state index contributed by atoms with van der Waals surface area (Å²) in [5.74, 6) is -1.01. The number of nitrogen functional groups attached to an aromatic ring is 1. The molecule has 4 nitrogen and oxygen atoms in total. The number of aromatic nitrogens is 1. The highest BCUT2D eigenvalue weighted by molar-refractivity contribution is 5.96. The van der Waals surface area contributed by atoms with Gasteiger partial charge < -0.3 is 10.8 Å². The Balaban J connectivity index is 2.65. The quantitative estimate of drug-likeness (QED) is 0.750. The lowest BCUT2D eigenvalue weighted by Gasteiger charge is -2.07. The summed E-state index contributed by atoms with van der Waals surface area (Å²) in [6, 6.07) is 10.2. The van der Waals surface area contributed by atoms with Crippen LogP contribution in [0.1, 0.15) is 10.4 Å². The molecule has 0 saturated heterocycles. The molecule has 2 rings (SSSR count). The number of nitrogens with zero attached hydrogens (tertiary/aromatic N) is 1. The Bertz CT molecular complexity index is 538. The summed E-state index contributed by atoms with van der Waals surface area (Å²) in [4.78, 5) is 15.1. The van der Waals surface area contributed by atoms with Gasteiger partial charge in [-0.2, -0.15) is 0 Å². The molecule has 1 aromatic carbocycles. The zero-order valence-electron chi connectivity index (χ0n) is 8.42. The summed E-state index contributed by atoms with van der Waals surface area (Å²) in [7, 11) is 0. The van der Waals surface area contributed by atoms with Crippen molar-refractivity contribution in [2.45, 2.75) is 0 Å². The van der Waals surface area contributed by atoms with E-state index >= 15 is 0 Å². The molecule has 16 heavy (non-hydrogen) atoms. The number of nitrogens with two attached hydrogens (primary N) is 1. The normalized spacial score (nSPS) is 10.0. The van der Waals surface area contributed by atoms with Crippen LogP contribution >= 0.6 is 0 Å². The molecular weight excluding hydrogens is 204 g/mol. The van der Waals surface area contributed by atoms with Gasteiger partial charge in [-0.3, -0.25) is 4.98 Å². The van der Waals surface area contributed by atoms with Crippen LogP contribution in [0.15, 0.2) is 42.6 Å². The van der Waals surface area contributed by atoms with E-state index in [0.717, 1.165) is 0 Å². The van der Waals surface area contributed by atoms with Crippen molar-refractivity contribution < 1.29 is 9.90 Å². The zero-order chi connectivity index (χ0) is 11.5. The van der Waals surface area contributed by atoms with E-state index in [9.17, 15) is 4.79 Å². The first-order chi connectivity index (χ1) is 7.70. The van der Waals surface area contributed by atoms with Gasteiger partial charge >= 0.3 is 5.97 Å². The van der Waals surface area contributed by atoms with Crippen molar-refractivity contribution in [1.29, 1.82) is 0 Å². The van der Waals surface area contributed by atoms with E-state index in [2.05, 4.69) is 4.98 Å². The SMILES string of the molecule is Nc1ccccc1-c1ncccc1C(=O)O. The average molecular weight is 214 g/mol. The lowest BCUT2D eigenvalue weighted by atomic mass is 10.0. The van der Waals surface area contributed by atoms with Crippen LogP contribution in [0.5, 0.6) is 0 Å². The van der Waals surface area contributed by atoms with E-state index in [-0.39, 0.29) is 5.56 Å². The van der Waals surface area contributed by atoms with E-state index in [4.69, 9.17) is 10.8 Å². The van der Waals surface area contributed by atoms with Crippen LogP contribution in [0.3, 0.4) is 0 Å². The van der Waals surface area contributed by atoms with Gasteiger partial charge in [0.15, 0.2) is 0 Å². The molecule has 4 heteroatoms. The Labute approximate surface area is 92.4 Å². The predicted molar refractivity (Wildman–Crippen MR) is 61.0 cm³/mol. The van der Waals surface area contributed by atoms with Gasteiger partial charge in [0.2, 0.25) is 0 Å². The monoisotopic (exact) mass is 214 g/mol. The van der Waals surface area contributed by atoms with Crippen LogP contribution in [0, 0.1) is 0 Å². The molecule has 0 unspecified atom stereocenters. The van der Waals surface area contributed by atoms with Crippen molar-refractivity contribution in [1.82, 2.24) is 4.98 Å². The molecule has 0 aliphatic carbocycles. The molecule has 0 spiro atoms. The molecule has 0 radical (unpaired) electrons. The lowest BCUT2D eigenvalue weighted by Crippen LogP contribution is -2.02. The summed E-state index contributed by atoms with van der Waals surface area (Å²) < 4.78 is 0. The Morgan fingerprint density at radius 3 is 2.62 bits per heavy atom. The molecule has 0 bridgehead atoms. The van der Waals surface area contributed by atoms with Crippen LogP contribution in [0.25, 0.3) is 11.3 Å². The number of carbonyl (C=O) groups is 1. The fourth-order valence-corrected chi connectivity index (χ4v) is 1.51. The number of benzene rings is 1. The predicted octanol–water partition coefficient (Wildman–Crippen LogP) is 2.03. The van der Waals surface area contributed by atoms with Crippen LogP contribution in [-0.2, 0) is 0 Å². The van der Waals surface area contributed by atoms with Gasteiger partial charge in [-0.25, -0.2) is 4.79 Å². The van der Waals surface area contributed by atoms with E-state index in [0.29, 0.717) is 16.9 Å². The van der Waals surface area contributed by atoms with Crippen LogP contribution in [0.4, 0.5) is 5.69 Å². The summed E-state index contributed by atoms with van der Waals surface area (Å²) in [5, 5.41) is 9.04. The van der Waals surface area contributed by atoms with Gasteiger partial charge in [0.25, 0.3) is 0 Å². The number of hydrogen-bond acceptors (Lipinski definition) is 3. The van der Waals surface area contributed by atoms with Gasteiger partial charge in [-0.15, -0.1) is 0 Å². The number of pyridine rings is 1. The van der Waals surface area contributed by atoms with E-state index in [1.54, 1.807) is 36.5 Å². The first kappa shape index (κ1) is 10.2. The Hall–Kier alpha value is -2.36. The fourth-order valence-electron chi connectivity index (χ4n) is 1.51. The van der Waals surface area contributed by atoms with Gasteiger partial charge in [0.05, 0.1) is 11.3 Å². The molecule has 1 aromatic heterocycles. The first-order valence-electron chi connectivity index (χ1n) is 4.73. The molecule has 0 aliphatic rings. The molecule has 0 fully saturated rings. The van der Waals surface area contributed by atoms with Crippen molar-refractivity contribution in [3.63, 3.8) is 0 Å². The zero-order valence-corrected chi connectivity index (χ0v) is 8.42. The van der Waals surface area contributed by atoms with E-state index in [1.165, 1.54) is 6.07 Å². The van der Waals surface area contributed by atoms with Crippen LogP contribution in [0.2, 0.25) is 0 Å². The third-order valence-electron chi connectivity index (χ3n) is 2.25. The van der Waals surface area contributed by atoms with Gasteiger partial charge in [-0.1, -0.05) is 18.2 Å². The topological polar surface area (TPSA) is 76.2 Å². The smallest absolute Gasteiger partial charge is 0.337 e. The largest absolute Gasteiger partial charge is 0.478 e. The Morgan fingerprint density at radius 1 is 1.19 bits per heavy atom. The maximum Gasteiger partial charge on any atom is 0.337 e. The summed E-state index contributed by atoms with van der Waals surface area (Å²) in [6.07, 6.45) is 1.55. The molecule has 1 heterocycles. The standard InChI is InChI=1S/C12H10N2O2/c13-10-6-2-1-4-8(10)11-9(12(15)16)5-3-7-14-11/h1-7H,13H2,(H,15,16). The molecule has 0 atom stereocenters. The van der Waals surface area contributed by atoms with Crippen molar-refractivity contribution in [2.75, 3.05) is 5.73 Å². The maximum atomic E-state index is 11.0. The van der Waals surface area contributed by atoms with Gasteiger partial charge in [0, 0.05) is 17.4 Å². The second kappa shape index (κ2) is 4.02. The van der Waals surface area contributed by atoms with Crippen molar-refractivity contribution in [3.05, 3.63) is 48.2 Å². The van der Waals surface area contributed by atoms with Crippen LogP contribution < -0.4 is 5.73 Å². The van der Waals surface area contributed by atoms with Crippen molar-refractivity contribution in [2.24, 2.45) is 0 Å². The number of rotatable bonds is 2. The summed E-state index contributed by atoms with van der Waals surface area (Å²) >= 11 is 0. The number of hydrogen-bond donors (Lipinski definition) is 2. The highest BCUT2D eigenvalue weighted by Crippen LogP contribution is 2.26. The second-order valence-corrected chi connectivity index (χ2v) is 3.29. The van der Waals surface area contributed by atoms with Crippen molar-refractivity contribution >= 4 is 11.7 Å². The highest BCUT2D eigenvalue weighted by Gasteiger charge is 2.13. The fraction of sp³-hybridized carbons (Fsp3) is 0. The number of carboxylic acids is 1. The van der Waals surface area contributed by atoms with Gasteiger partial charge in [0.1, 0.15) is 0 Å². The molecule has 3 N–H and O–H groups in total. The van der Waals surface area contributed by atoms with Crippen molar-refractivity contribution in [3.8, 4) is 11.3 Å². The third kappa shape index (κ3) is 1.72. The minimum Gasteiger partial charge on any atom is -0.478 e. The van der Waals surface area contributed by atoms with Gasteiger partial charge in [-0.05, 0) is 18.2 Å². The first-order valence-corrected chi connectivity index (χ1v) is 4.73.